The van der Waals surface area contributed by atoms with Gasteiger partial charge < -0.3 is 9.32 Å². The number of hydrogen-bond donors (Lipinski definition) is 0. The third kappa shape index (κ3) is 4.95. The first kappa shape index (κ1) is 24.3. The van der Waals surface area contributed by atoms with E-state index in [4.69, 9.17) is 16.0 Å². The summed E-state index contributed by atoms with van der Waals surface area (Å²) in [6.45, 7) is 2.37. The van der Waals surface area contributed by atoms with Crippen molar-refractivity contribution in [2.24, 2.45) is 0 Å². The van der Waals surface area contributed by atoms with Crippen LogP contribution in [0.25, 0.3) is 0 Å². The Morgan fingerprint density at radius 2 is 1.31 bits per heavy atom. The van der Waals surface area contributed by atoms with Crippen LogP contribution in [-0.2, 0) is 9.84 Å². The van der Waals surface area contributed by atoms with Gasteiger partial charge in [0.25, 0.3) is 5.91 Å². The first-order valence-corrected chi connectivity index (χ1v) is 13.5. The van der Waals surface area contributed by atoms with Crippen molar-refractivity contribution < 1.29 is 17.6 Å². The van der Waals surface area contributed by atoms with Crippen LogP contribution in [0, 0.1) is 0 Å². The highest BCUT2D eigenvalue weighted by atomic mass is 35.5. The number of halogens is 1. The van der Waals surface area contributed by atoms with Gasteiger partial charge in [-0.15, -0.1) is 0 Å². The molecule has 0 saturated carbocycles. The maximum Gasteiger partial charge on any atom is 0.289 e. The number of amides is 1. The number of carbonyl (C=O) groups excluding carboxylic acids is 1. The molecule has 1 amide bonds. The molecule has 1 aromatic heterocycles. The van der Waals surface area contributed by atoms with Gasteiger partial charge in [0.05, 0.1) is 10.9 Å². The molecule has 1 aliphatic heterocycles. The highest BCUT2D eigenvalue weighted by Gasteiger charge is 2.30. The molecule has 1 fully saturated rings. The smallest absolute Gasteiger partial charge is 0.289 e. The van der Waals surface area contributed by atoms with E-state index < -0.39 is 9.84 Å². The molecule has 0 aliphatic carbocycles. The molecule has 0 radical (unpaired) electrons. The highest BCUT2D eigenvalue weighted by Crippen LogP contribution is 2.30. The van der Waals surface area contributed by atoms with Crippen molar-refractivity contribution in [3.8, 4) is 0 Å². The number of sulfone groups is 1. The Hall–Kier alpha value is -3.39. The van der Waals surface area contributed by atoms with Crippen molar-refractivity contribution in [1.82, 2.24) is 9.80 Å². The predicted octanol–water partition coefficient (Wildman–Crippen LogP) is 5.31. The molecule has 1 saturated heterocycles. The molecule has 1 aliphatic rings. The van der Waals surface area contributed by atoms with Crippen LogP contribution in [0.3, 0.4) is 0 Å². The van der Waals surface area contributed by atoms with Crippen molar-refractivity contribution in [2.75, 3.05) is 26.2 Å². The lowest BCUT2D eigenvalue weighted by Crippen LogP contribution is -2.49. The van der Waals surface area contributed by atoms with Gasteiger partial charge in [0.1, 0.15) is 0 Å². The van der Waals surface area contributed by atoms with Crippen LogP contribution in [0.5, 0.6) is 0 Å². The Bertz CT molecular complexity index is 1390. The number of rotatable bonds is 6. The largest absolute Gasteiger partial charge is 0.439 e. The lowest BCUT2D eigenvalue weighted by atomic mass is 9.96. The standard InChI is InChI=1S/C28H25ClN2O4S/c29-23-11-13-24(14-12-23)36(33,34)26-16-15-25(35-26)28(32)31-19-17-30(18-20-31)27(21-7-3-1-4-8-21)22-9-5-2-6-10-22/h1-16,27H,17-20H2. The molecule has 36 heavy (non-hydrogen) atoms. The van der Waals surface area contributed by atoms with Crippen LogP contribution < -0.4 is 0 Å². The maximum absolute atomic E-state index is 13.1. The van der Waals surface area contributed by atoms with E-state index in [9.17, 15) is 13.2 Å². The molecule has 0 bridgehead atoms. The summed E-state index contributed by atoms with van der Waals surface area (Å²) in [6.07, 6.45) is 0. The fourth-order valence-electron chi connectivity index (χ4n) is 4.53. The van der Waals surface area contributed by atoms with Crippen molar-refractivity contribution in [3.63, 3.8) is 0 Å². The van der Waals surface area contributed by atoms with E-state index in [0.717, 1.165) is 0 Å². The van der Waals surface area contributed by atoms with E-state index in [1.54, 1.807) is 4.90 Å². The van der Waals surface area contributed by atoms with E-state index in [0.29, 0.717) is 31.2 Å². The first-order valence-electron chi connectivity index (χ1n) is 11.7. The number of nitrogens with zero attached hydrogens (tertiary/aromatic N) is 2. The van der Waals surface area contributed by atoms with Crippen LogP contribution in [0.4, 0.5) is 0 Å². The molecule has 8 heteroatoms. The number of furan rings is 1. The minimum atomic E-state index is -3.88. The van der Waals surface area contributed by atoms with E-state index >= 15 is 0 Å². The average molecular weight is 521 g/mol. The van der Waals surface area contributed by atoms with Crippen LogP contribution in [0.1, 0.15) is 27.7 Å². The lowest BCUT2D eigenvalue weighted by Gasteiger charge is -2.39. The van der Waals surface area contributed by atoms with Crippen molar-refractivity contribution >= 4 is 27.3 Å². The van der Waals surface area contributed by atoms with Gasteiger partial charge in [-0.1, -0.05) is 72.3 Å². The second kappa shape index (κ2) is 10.3. The Morgan fingerprint density at radius 1 is 0.750 bits per heavy atom. The fraction of sp³-hybridized carbons (Fsp3) is 0.179. The van der Waals surface area contributed by atoms with Crippen LogP contribution in [0.2, 0.25) is 5.02 Å². The van der Waals surface area contributed by atoms with Crippen molar-refractivity contribution in [2.45, 2.75) is 16.0 Å². The van der Waals surface area contributed by atoms with Crippen LogP contribution in [0.15, 0.2) is 111 Å². The molecule has 0 spiro atoms. The highest BCUT2D eigenvalue weighted by molar-refractivity contribution is 7.91. The molecular weight excluding hydrogens is 496 g/mol. The zero-order valence-electron chi connectivity index (χ0n) is 19.5. The van der Waals surface area contributed by atoms with E-state index in [2.05, 4.69) is 29.2 Å². The quantitative estimate of drug-likeness (QED) is 0.344. The Labute approximate surface area is 215 Å². The molecule has 6 nitrogen and oxygen atoms in total. The van der Waals surface area contributed by atoms with Gasteiger partial charge in [-0.05, 0) is 47.5 Å². The van der Waals surface area contributed by atoms with Gasteiger partial charge in [-0.2, -0.15) is 0 Å². The summed E-state index contributed by atoms with van der Waals surface area (Å²) in [7, 11) is -3.88. The summed E-state index contributed by atoms with van der Waals surface area (Å²) >= 11 is 5.87. The molecule has 184 valence electrons. The minimum absolute atomic E-state index is 0.0126. The number of benzene rings is 3. The number of piperazine rings is 1. The van der Waals surface area contributed by atoms with Crippen LogP contribution >= 0.6 is 11.6 Å². The molecular formula is C28H25ClN2O4S. The summed E-state index contributed by atoms with van der Waals surface area (Å²) in [5.41, 5.74) is 2.40. The summed E-state index contributed by atoms with van der Waals surface area (Å²) in [5.74, 6) is -0.304. The van der Waals surface area contributed by atoms with Crippen molar-refractivity contribution in [1.29, 1.82) is 0 Å². The molecule has 2 heterocycles. The van der Waals surface area contributed by atoms with Gasteiger partial charge in [0, 0.05) is 31.2 Å². The lowest BCUT2D eigenvalue weighted by molar-refractivity contribution is 0.0562. The third-order valence-electron chi connectivity index (χ3n) is 6.38. The third-order valence-corrected chi connectivity index (χ3v) is 8.27. The topological polar surface area (TPSA) is 70.8 Å². The molecule has 0 N–H and O–H groups in total. The number of carbonyl (C=O) groups is 1. The zero-order valence-corrected chi connectivity index (χ0v) is 21.0. The molecule has 5 rings (SSSR count). The second-order valence-corrected chi connectivity index (χ2v) is 10.9. The monoisotopic (exact) mass is 520 g/mol. The molecule has 0 atom stereocenters. The van der Waals surface area contributed by atoms with Gasteiger partial charge in [-0.3, -0.25) is 9.69 Å². The average Bonchev–Trinajstić information content (AvgIpc) is 3.42. The van der Waals surface area contributed by atoms with Gasteiger partial charge in [-0.25, -0.2) is 8.42 Å². The Morgan fingerprint density at radius 3 is 1.86 bits per heavy atom. The predicted molar refractivity (Wildman–Crippen MR) is 138 cm³/mol. The Balaban J connectivity index is 1.30. The van der Waals surface area contributed by atoms with Gasteiger partial charge in [0.15, 0.2) is 5.76 Å². The summed E-state index contributed by atoms with van der Waals surface area (Å²) in [4.78, 5) is 17.3. The summed E-state index contributed by atoms with van der Waals surface area (Å²) in [6, 6.07) is 29.3. The minimum Gasteiger partial charge on any atom is -0.439 e. The normalized spacial score (nSPS) is 14.8. The fourth-order valence-corrected chi connectivity index (χ4v) is 5.83. The van der Waals surface area contributed by atoms with E-state index in [1.807, 2.05) is 36.4 Å². The first-order chi connectivity index (χ1) is 17.4. The van der Waals surface area contributed by atoms with Crippen LogP contribution in [-0.4, -0.2) is 50.3 Å². The summed E-state index contributed by atoms with van der Waals surface area (Å²) in [5, 5.41) is 0.171. The maximum atomic E-state index is 13.1. The van der Waals surface area contributed by atoms with E-state index in [1.165, 1.54) is 47.5 Å². The van der Waals surface area contributed by atoms with Gasteiger partial charge >= 0.3 is 0 Å². The zero-order chi connectivity index (χ0) is 25.1. The molecule has 0 unspecified atom stereocenters. The summed E-state index contributed by atoms with van der Waals surface area (Å²) < 4.78 is 31.3. The SMILES string of the molecule is O=C(c1ccc(S(=O)(=O)c2ccc(Cl)cc2)o1)N1CCN(C(c2ccccc2)c2ccccc2)CC1. The number of hydrogen-bond acceptors (Lipinski definition) is 5. The van der Waals surface area contributed by atoms with Crippen molar-refractivity contribution in [3.05, 3.63) is 119 Å². The molecule has 4 aromatic rings. The van der Waals surface area contributed by atoms with E-state index in [-0.39, 0.29) is 27.7 Å². The second-order valence-electron chi connectivity index (χ2n) is 8.63. The molecule has 3 aromatic carbocycles. The van der Waals surface area contributed by atoms with Gasteiger partial charge in [0.2, 0.25) is 14.9 Å². The Kier molecular flexibility index (Phi) is 6.96.